The van der Waals surface area contributed by atoms with Gasteiger partial charge in [-0.2, -0.15) is 0 Å². The van der Waals surface area contributed by atoms with E-state index in [0.717, 1.165) is 11.4 Å². The zero-order valence-electron chi connectivity index (χ0n) is 30.7. The standard InChI is InChI=1S/C54H36N2/c1-3-12-37(13-4-1)39-22-24-40(25-23-39)41-26-30-45(31-27-41)55-51-20-9-7-18-47(51)49-32-28-44(36-54(49)55)43-29-33-53-50(35-43)48-19-8-10-21-52(48)56(53)46-17-11-16-42(34-46)38-14-5-2-6-15-38/h1-36H. The Kier molecular flexibility index (Phi) is 7.53. The van der Waals surface area contributed by atoms with E-state index < -0.39 is 0 Å². The highest BCUT2D eigenvalue weighted by atomic mass is 15.0. The Hall–Kier alpha value is -7.42. The summed E-state index contributed by atoms with van der Waals surface area (Å²) in [7, 11) is 0. The second kappa shape index (κ2) is 13.2. The molecule has 0 N–H and O–H groups in total. The van der Waals surface area contributed by atoms with Gasteiger partial charge in [0.05, 0.1) is 22.1 Å². The Bertz CT molecular complexity index is 3200. The SMILES string of the molecule is c1ccc(-c2ccc(-c3ccc(-n4c5ccccc5c5ccc(-c6ccc7c(c6)c6ccccc6n7-c6cccc(-c7ccccc7)c6)cc54)cc3)cc2)cc1. The number of aromatic nitrogens is 2. The number of rotatable bonds is 6. The predicted octanol–water partition coefficient (Wildman–Crippen LogP) is 14.5. The van der Waals surface area contributed by atoms with E-state index in [2.05, 4.69) is 228 Å². The van der Waals surface area contributed by atoms with Gasteiger partial charge in [-0.3, -0.25) is 0 Å². The lowest BCUT2D eigenvalue weighted by Crippen LogP contribution is -1.94. The summed E-state index contributed by atoms with van der Waals surface area (Å²) in [5.41, 5.74) is 16.8. The Morgan fingerprint density at radius 2 is 0.607 bits per heavy atom. The maximum atomic E-state index is 2.42. The van der Waals surface area contributed by atoms with Gasteiger partial charge in [-0.1, -0.05) is 164 Å². The Labute approximate surface area is 325 Å². The summed E-state index contributed by atoms with van der Waals surface area (Å²) in [5.74, 6) is 0. The first-order chi connectivity index (χ1) is 27.8. The number of hydrogen-bond donors (Lipinski definition) is 0. The topological polar surface area (TPSA) is 9.86 Å². The summed E-state index contributed by atoms with van der Waals surface area (Å²) in [5, 5.41) is 5.00. The number of nitrogens with zero attached hydrogens (tertiary/aromatic N) is 2. The fourth-order valence-corrected chi connectivity index (χ4v) is 8.60. The summed E-state index contributed by atoms with van der Waals surface area (Å²) in [4.78, 5) is 0. The molecule has 2 nitrogen and oxygen atoms in total. The zero-order chi connectivity index (χ0) is 37.0. The first-order valence-electron chi connectivity index (χ1n) is 19.3. The van der Waals surface area contributed by atoms with Crippen molar-refractivity contribution in [3.8, 4) is 55.9 Å². The highest BCUT2D eigenvalue weighted by Crippen LogP contribution is 2.39. The molecule has 0 atom stereocenters. The molecule has 11 rings (SSSR count). The Morgan fingerprint density at radius 1 is 0.196 bits per heavy atom. The van der Waals surface area contributed by atoms with Gasteiger partial charge in [0.1, 0.15) is 0 Å². The molecule has 0 bridgehead atoms. The van der Waals surface area contributed by atoms with Gasteiger partial charge in [0.25, 0.3) is 0 Å². The predicted molar refractivity (Wildman–Crippen MR) is 237 cm³/mol. The van der Waals surface area contributed by atoms with Crippen molar-refractivity contribution in [3.05, 3.63) is 218 Å². The van der Waals surface area contributed by atoms with Crippen molar-refractivity contribution >= 4 is 43.6 Å². The van der Waals surface area contributed by atoms with Crippen LogP contribution in [0.25, 0.3) is 99.5 Å². The van der Waals surface area contributed by atoms with Crippen LogP contribution in [0.3, 0.4) is 0 Å². The Morgan fingerprint density at radius 3 is 1.27 bits per heavy atom. The summed E-state index contributed by atoms with van der Waals surface area (Å²) in [6.07, 6.45) is 0. The summed E-state index contributed by atoms with van der Waals surface area (Å²) in [6.45, 7) is 0. The highest BCUT2D eigenvalue weighted by Gasteiger charge is 2.16. The average molecular weight is 713 g/mol. The van der Waals surface area contributed by atoms with Gasteiger partial charge in [0, 0.05) is 32.9 Å². The Balaban J connectivity index is 1.00. The minimum Gasteiger partial charge on any atom is -0.309 e. The van der Waals surface area contributed by atoms with E-state index in [1.165, 1.54) is 88.1 Å². The van der Waals surface area contributed by atoms with Gasteiger partial charge in [0.15, 0.2) is 0 Å². The maximum Gasteiger partial charge on any atom is 0.0547 e. The lowest BCUT2D eigenvalue weighted by Gasteiger charge is -2.12. The molecule has 56 heavy (non-hydrogen) atoms. The average Bonchev–Trinajstić information content (AvgIpc) is 3.79. The largest absolute Gasteiger partial charge is 0.309 e. The second-order valence-corrected chi connectivity index (χ2v) is 14.6. The molecule has 0 saturated carbocycles. The van der Waals surface area contributed by atoms with Gasteiger partial charge < -0.3 is 9.13 Å². The van der Waals surface area contributed by atoms with Crippen LogP contribution in [0.5, 0.6) is 0 Å². The van der Waals surface area contributed by atoms with Crippen LogP contribution in [0.2, 0.25) is 0 Å². The summed E-state index contributed by atoms with van der Waals surface area (Å²) in [6, 6.07) is 79.4. The molecule has 0 aliphatic rings. The fraction of sp³-hybridized carbons (Fsp3) is 0. The minimum atomic E-state index is 1.15. The van der Waals surface area contributed by atoms with Crippen molar-refractivity contribution in [2.75, 3.05) is 0 Å². The van der Waals surface area contributed by atoms with Crippen LogP contribution in [0.4, 0.5) is 0 Å². The smallest absolute Gasteiger partial charge is 0.0547 e. The van der Waals surface area contributed by atoms with E-state index >= 15 is 0 Å². The van der Waals surface area contributed by atoms with Gasteiger partial charge >= 0.3 is 0 Å². The third-order valence-electron chi connectivity index (χ3n) is 11.3. The maximum absolute atomic E-state index is 2.42. The van der Waals surface area contributed by atoms with Crippen LogP contribution in [-0.2, 0) is 0 Å². The molecule has 11 aromatic rings. The molecular formula is C54H36N2. The molecule has 0 fully saturated rings. The van der Waals surface area contributed by atoms with E-state index in [-0.39, 0.29) is 0 Å². The molecule has 0 radical (unpaired) electrons. The quantitative estimate of drug-likeness (QED) is 0.162. The van der Waals surface area contributed by atoms with Crippen LogP contribution in [0.15, 0.2) is 218 Å². The first kappa shape index (κ1) is 32.0. The van der Waals surface area contributed by atoms with Crippen molar-refractivity contribution in [3.63, 3.8) is 0 Å². The molecule has 2 aromatic heterocycles. The molecule has 2 heteroatoms. The molecule has 2 heterocycles. The highest BCUT2D eigenvalue weighted by molar-refractivity contribution is 6.12. The number of benzene rings is 9. The third-order valence-corrected chi connectivity index (χ3v) is 11.3. The number of para-hydroxylation sites is 2. The lowest BCUT2D eigenvalue weighted by molar-refractivity contribution is 1.18. The normalized spacial score (nSPS) is 11.6. The molecule has 0 aliphatic carbocycles. The van der Waals surface area contributed by atoms with Crippen molar-refractivity contribution < 1.29 is 0 Å². The van der Waals surface area contributed by atoms with Crippen molar-refractivity contribution in [1.82, 2.24) is 9.13 Å². The fourth-order valence-electron chi connectivity index (χ4n) is 8.60. The van der Waals surface area contributed by atoms with E-state index in [1.54, 1.807) is 0 Å². The molecule has 9 aromatic carbocycles. The van der Waals surface area contributed by atoms with Crippen molar-refractivity contribution in [2.45, 2.75) is 0 Å². The van der Waals surface area contributed by atoms with E-state index in [0.29, 0.717) is 0 Å². The van der Waals surface area contributed by atoms with Crippen LogP contribution in [0.1, 0.15) is 0 Å². The monoisotopic (exact) mass is 712 g/mol. The van der Waals surface area contributed by atoms with Crippen molar-refractivity contribution in [2.24, 2.45) is 0 Å². The summed E-state index contributed by atoms with van der Waals surface area (Å²) >= 11 is 0. The lowest BCUT2D eigenvalue weighted by atomic mass is 10.00. The molecular weight excluding hydrogens is 677 g/mol. The molecule has 0 amide bonds. The van der Waals surface area contributed by atoms with Crippen LogP contribution >= 0.6 is 0 Å². The molecule has 262 valence electrons. The molecule has 0 saturated heterocycles. The zero-order valence-corrected chi connectivity index (χ0v) is 30.7. The van der Waals surface area contributed by atoms with Crippen LogP contribution < -0.4 is 0 Å². The third kappa shape index (κ3) is 5.34. The number of hydrogen-bond acceptors (Lipinski definition) is 0. The van der Waals surface area contributed by atoms with Crippen LogP contribution in [-0.4, -0.2) is 9.13 Å². The van der Waals surface area contributed by atoms with E-state index in [4.69, 9.17) is 0 Å². The van der Waals surface area contributed by atoms with E-state index in [9.17, 15) is 0 Å². The minimum absolute atomic E-state index is 1.15. The molecule has 0 aliphatic heterocycles. The second-order valence-electron chi connectivity index (χ2n) is 14.6. The molecule has 0 spiro atoms. The molecule has 0 unspecified atom stereocenters. The van der Waals surface area contributed by atoms with Gasteiger partial charge in [-0.05, 0) is 99.1 Å². The summed E-state index contributed by atoms with van der Waals surface area (Å²) < 4.78 is 4.82. The van der Waals surface area contributed by atoms with Gasteiger partial charge in [-0.25, -0.2) is 0 Å². The first-order valence-corrected chi connectivity index (χ1v) is 19.3. The van der Waals surface area contributed by atoms with Crippen molar-refractivity contribution in [1.29, 1.82) is 0 Å². The van der Waals surface area contributed by atoms with Gasteiger partial charge in [0.2, 0.25) is 0 Å². The van der Waals surface area contributed by atoms with E-state index in [1.807, 2.05) is 0 Å². The van der Waals surface area contributed by atoms with Crippen LogP contribution in [0, 0.1) is 0 Å². The number of fused-ring (bicyclic) bond motifs is 6. The van der Waals surface area contributed by atoms with Gasteiger partial charge in [-0.15, -0.1) is 0 Å².